The molecule has 2 aliphatic rings. The molecule has 3 aromatic rings. The average molecular weight is 477 g/mol. The molecule has 5 rings (SSSR count). The van der Waals surface area contributed by atoms with E-state index in [9.17, 15) is 13.9 Å². The molecule has 0 aliphatic heterocycles. The number of oxazole rings is 1. The molecule has 2 aromatic heterocycles. The lowest BCUT2D eigenvalue weighted by Gasteiger charge is -2.28. The summed E-state index contributed by atoms with van der Waals surface area (Å²) in [6, 6.07) is 3.11. The van der Waals surface area contributed by atoms with Crippen LogP contribution in [-0.4, -0.2) is 27.3 Å². The van der Waals surface area contributed by atoms with Gasteiger partial charge in [0, 0.05) is 18.0 Å². The summed E-state index contributed by atoms with van der Waals surface area (Å²) in [4.78, 5) is 8.90. The Hall–Kier alpha value is -2.06. The minimum atomic E-state index is -3.73. The van der Waals surface area contributed by atoms with Crippen LogP contribution < -0.4 is 4.74 Å². The van der Waals surface area contributed by atoms with E-state index in [1.54, 1.807) is 12.3 Å². The molecular formula is C25H30F2N2O3S. The summed E-state index contributed by atoms with van der Waals surface area (Å²) in [6.07, 6.45) is 4.23. The van der Waals surface area contributed by atoms with Crippen LogP contribution in [0, 0.1) is 23.7 Å². The van der Waals surface area contributed by atoms with Crippen LogP contribution in [0.5, 0.6) is 5.75 Å². The zero-order chi connectivity index (χ0) is 23.2. The Kier molecular flexibility index (Phi) is 6.16. The maximum Gasteiger partial charge on any atom is 0.424 e. The zero-order valence-corrected chi connectivity index (χ0v) is 19.8. The Bertz CT molecular complexity index is 1100. The minimum Gasteiger partial charge on any atom is -0.440 e. The van der Waals surface area contributed by atoms with Crippen LogP contribution >= 0.6 is 11.3 Å². The van der Waals surface area contributed by atoms with Gasteiger partial charge in [-0.3, -0.25) is 0 Å². The molecule has 5 atom stereocenters. The Morgan fingerprint density at radius 1 is 1.27 bits per heavy atom. The smallest absolute Gasteiger partial charge is 0.424 e. The largest absolute Gasteiger partial charge is 0.440 e. The second kappa shape index (κ2) is 8.95. The third kappa shape index (κ3) is 4.52. The van der Waals surface area contributed by atoms with Gasteiger partial charge in [0.15, 0.2) is 28.8 Å². The predicted molar refractivity (Wildman–Crippen MR) is 123 cm³/mol. The predicted octanol–water partition coefficient (Wildman–Crippen LogP) is 6.70. The molecule has 0 amide bonds. The molecule has 5 unspecified atom stereocenters. The molecule has 2 bridgehead atoms. The number of halogens is 2. The van der Waals surface area contributed by atoms with Crippen LogP contribution in [0.1, 0.15) is 58.3 Å². The van der Waals surface area contributed by atoms with Crippen molar-refractivity contribution in [1.82, 2.24) is 9.97 Å². The summed E-state index contributed by atoms with van der Waals surface area (Å²) in [7, 11) is 0. The first-order valence-corrected chi connectivity index (χ1v) is 12.8. The first-order chi connectivity index (χ1) is 15.8. The molecule has 0 spiro atoms. The second-order valence-electron chi connectivity index (χ2n) is 9.72. The van der Waals surface area contributed by atoms with Gasteiger partial charge in [0.05, 0.1) is 5.56 Å². The maximum atomic E-state index is 14.1. The lowest BCUT2D eigenvalue weighted by molar-refractivity contribution is -0.233. The number of aliphatic hydroxyl groups excluding tert-OH is 1. The number of fused-ring (bicyclic) bond motifs is 3. The van der Waals surface area contributed by atoms with Gasteiger partial charge in [-0.05, 0) is 74.8 Å². The van der Waals surface area contributed by atoms with Crippen molar-refractivity contribution in [3.05, 3.63) is 29.6 Å². The number of aliphatic hydroxyl groups is 1. The Labute approximate surface area is 196 Å². The van der Waals surface area contributed by atoms with Crippen LogP contribution in [0.3, 0.4) is 0 Å². The SMILES string of the molecule is CCC1CC2CC(CCc3nc4c(OC(F)(F)C(C)O)ccc(-c5nccs5)c4o3)CC1C2. The normalized spacial score (nSPS) is 26.1. The topological polar surface area (TPSA) is 68.4 Å². The van der Waals surface area contributed by atoms with Gasteiger partial charge in [0.2, 0.25) is 0 Å². The third-order valence-corrected chi connectivity index (χ3v) is 8.28. The molecule has 2 fully saturated rings. The van der Waals surface area contributed by atoms with E-state index in [2.05, 4.69) is 16.9 Å². The van der Waals surface area contributed by atoms with E-state index in [4.69, 9.17) is 9.15 Å². The number of thiazole rings is 1. The number of aryl methyl sites for hydroxylation is 1. The average Bonchev–Trinajstić information content (AvgIpc) is 3.51. The summed E-state index contributed by atoms with van der Waals surface area (Å²) in [5, 5.41) is 12.0. The van der Waals surface area contributed by atoms with Crippen molar-refractivity contribution in [1.29, 1.82) is 0 Å². The molecule has 0 radical (unpaired) electrons. The minimum absolute atomic E-state index is 0.104. The van der Waals surface area contributed by atoms with E-state index in [-0.39, 0.29) is 11.3 Å². The van der Waals surface area contributed by atoms with Gasteiger partial charge in [0.1, 0.15) is 5.01 Å². The van der Waals surface area contributed by atoms with Crippen LogP contribution in [-0.2, 0) is 6.42 Å². The van der Waals surface area contributed by atoms with Gasteiger partial charge in [-0.25, -0.2) is 9.97 Å². The van der Waals surface area contributed by atoms with Crippen LogP contribution in [0.2, 0.25) is 0 Å². The molecule has 33 heavy (non-hydrogen) atoms. The molecule has 8 heteroatoms. The number of alkyl halides is 2. The number of aromatic nitrogens is 2. The van der Waals surface area contributed by atoms with E-state index in [0.29, 0.717) is 29.4 Å². The molecule has 2 saturated carbocycles. The van der Waals surface area contributed by atoms with Crippen molar-refractivity contribution in [3.8, 4) is 16.3 Å². The fourth-order valence-electron chi connectivity index (χ4n) is 5.85. The van der Waals surface area contributed by atoms with E-state index in [0.717, 1.165) is 36.1 Å². The first kappa shape index (κ1) is 22.7. The highest BCUT2D eigenvalue weighted by molar-refractivity contribution is 7.13. The van der Waals surface area contributed by atoms with Gasteiger partial charge in [0.25, 0.3) is 0 Å². The first-order valence-electron chi connectivity index (χ1n) is 11.9. The van der Waals surface area contributed by atoms with Gasteiger partial charge in [-0.1, -0.05) is 13.3 Å². The monoisotopic (exact) mass is 476 g/mol. The summed E-state index contributed by atoms with van der Waals surface area (Å²) >= 11 is 1.44. The molecule has 1 N–H and O–H groups in total. The van der Waals surface area contributed by atoms with Crippen molar-refractivity contribution in [3.63, 3.8) is 0 Å². The number of nitrogens with zero attached hydrogens (tertiary/aromatic N) is 2. The molecular weight excluding hydrogens is 446 g/mol. The number of hydrogen-bond acceptors (Lipinski definition) is 6. The maximum absolute atomic E-state index is 14.1. The van der Waals surface area contributed by atoms with Gasteiger partial charge < -0.3 is 14.3 Å². The second-order valence-corrected chi connectivity index (χ2v) is 10.6. The van der Waals surface area contributed by atoms with E-state index < -0.39 is 12.2 Å². The summed E-state index contributed by atoms with van der Waals surface area (Å²) in [5.41, 5.74) is 1.34. The summed E-state index contributed by atoms with van der Waals surface area (Å²) in [6.45, 7) is 3.30. The van der Waals surface area contributed by atoms with Gasteiger partial charge in [-0.15, -0.1) is 11.3 Å². The van der Waals surface area contributed by atoms with Gasteiger partial charge in [-0.2, -0.15) is 8.78 Å². The highest BCUT2D eigenvalue weighted by atomic mass is 32.1. The van der Waals surface area contributed by atoms with Crippen molar-refractivity contribution in [2.24, 2.45) is 23.7 Å². The zero-order valence-electron chi connectivity index (χ0n) is 19.0. The Morgan fingerprint density at radius 3 is 2.85 bits per heavy atom. The molecule has 0 saturated heterocycles. The lowest BCUT2D eigenvalue weighted by atomic mass is 9.77. The van der Waals surface area contributed by atoms with Gasteiger partial charge >= 0.3 is 6.11 Å². The lowest BCUT2D eigenvalue weighted by Crippen LogP contribution is -2.37. The van der Waals surface area contributed by atoms with E-state index >= 15 is 0 Å². The molecule has 2 aliphatic carbocycles. The van der Waals surface area contributed by atoms with Crippen LogP contribution in [0.15, 0.2) is 28.1 Å². The number of ether oxygens (including phenoxy) is 1. The number of hydrogen-bond donors (Lipinski definition) is 1. The summed E-state index contributed by atoms with van der Waals surface area (Å²) in [5.74, 6) is 3.66. The Morgan fingerprint density at radius 2 is 2.12 bits per heavy atom. The fraction of sp³-hybridized carbons (Fsp3) is 0.600. The van der Waals surface area contributed by atoms with Crippen molar-refractivity contribution < 1.29 is 23.0 Å². The number of benzene rings is 1. The third-order valence-electron chi connectivity index (χ3n) is 7.48. The molecule has 1 aromatic carbocycles. The molecule has 178 valence electrons. The number of rotatable bonds is 8. The summed E-state index contributed by atoms with van der Waals surface area (Å²) < 4.78 is 39.3. The quantitative estimate of drug-likeness (QED) is 0.392. The van der Waals surface area contributed by atoms with Crippen LogP contribution in [0.4, 0.5) is 8.78 Å². The molecule has 2 heterocycles. The van der Waals surface area contributed by atoms with E-state index in [1.165, 1.54) is 49.5 Å². The fourth-order valence-corrected chi connectivity index (χ4v) is 6.51. The van der Waals surface area contributed by atoms with E-state index in [1.807, 2.05) is 5.38 Å². The van der Waals surface area contributed by atoms with Crippen molar-refractivity contribution >= 4 is 22.4 Å². The standard InChI is InChI=1S/C25H30F2N2O3S/c1-3-17-12-16-10-15(11-18(17)13-16)4-7-21-29-22-20(32-25(26,27)14(2)30)6-5-19(23(22)31-21)24-28-8-9-33-24/h5-6,8-9,14-18,30H,3-4,7,10-13H2,1-2H3. The highest BCUT2D eigenvalue weighted by Crippen LogP contribution is 2.50. The highest BCUT2D eigenvalue weighted by Gasteiger charge is 2.40. The van der Waals surface area contributed by atoms with Crippen molar-refractivity contribution in [2.45, 2.75) is 71.0 Å². The Balaban J connectivity index is 1.40. The van der Waals surface area contributed by atoms with Crippen molar-refractivity contribution in [2.75, 3.05) is 0 Å². The van der Waals surface area contributed by atoms with Crippen LogP contribution in [0.25, 0.3) is 21.7 Å². The molecule has 5 nitrogen and oxygen atoms in total.